The molecule has 0 fully saturated rings. The van der Waals surface area contributed by atoms with Gasteiger partial charge in [-0.1, -0.05) is 6.42 Å². The third-order valence-corrected chi connectivity index (χ3v) is 2.35. The van der Waals surface area contributed by atoms with Gasteiger partial charge in [-0.3, -0.25) is 4.79 Å². The summed E-state index contributed by atoms with van der Waals surface area (Å²) in [6.45, 7) is 3.19. The number of unbranched alkanes of at least 4 members (excludes halogenated alkanes) is 2. The van der Waals surface area contributed by atoms with E-state index < -0.39 is 18.9 Å². The van der Waals surface area contributed by atoms with Gasteiger partial charge >= 0.3 is 12.1 Å². The first-order valence-electron chi connectivity index (χ1n) is 6.89. The van der Waals surface area contributed by atoms with Gasteiger partial charge in [0.15, 0.2) is 0 Å². The van der Waals surface area contributed by atoms with Gasteiger partial charge in [-0.05, 0) is 26.7 Å². The number of aliphatic carboxylic acids is 1. The van der Waals surface area contributed by atoms with Crippen molar-refractivity contribution in [2.45, 2.75) is 45.6 Å². The predicted octanol–water partition coefficient (Wildman–Crippen LogP) is 1.89. The highest BCUT2D eigenvalue weighted by Gasteiger charge is 2.09. The second-order valence-electron chi connectivity index (χ2n) is 4.73. The van der Waals surface area contributed by atoms with Crippen LogP contribution in [-0.2, 0) is 19.1 Å². The number of carbonyl (C=O) groups excluding carboxylic acids is 1. The molecule has 128 valence electrons. The van der Waals surface area contributed by atoms with E-state index in [0.29, 0.717) is 25.8 Å². The van der Waals surface area contributed by atoms with Gasteiger partial charge in [-0.25, -0.2) is 4.79 Å². The van der Waals surface area contributed by atoms with E-state index in [1.54, 1.807) is 13.8 Å². The molecule has 0 aromatic carbocycles. The molecule has 0 aliphatic heterocycles. The lowest BCUT2D eigenvalue weighted by Gasteiger charge is -2.12. The fourth-order valence-electron chi connectivity index (χ4n) is 1.32. The van der Waals surface area contributed by atoms with E-state index in [1.165, 1.54) is 12.1 Å². The number of hydrogen-bond donors (Lipinski definition) is 1. The zero-order valence-electron chi connectivity index (χ0n) is 13.1. The number of hydrogen-bond acceptors (Lipinski definition) is 7. The zero-order valence-corrected chi connectivity index (χ0v) is 13.1. The van der Waals surface area contributed by atoms with Crippen molar-refractivity contribution in [2.75, 3.05) is 20.4 Å². The minimum absolute atomic E-state index is 0.113. The van der Waals surface area contributed by atoms with Crippen molar-refractivity contribution in [1.29, 1.82) is 0 Å². The van der Waals surface area contributed by atoms with Crippen LogP contribution in [0.3, 0.4) is 0 Å². The maximum Gasteiger partial charge on any atom is 0.511 e. The molecule has 0 unspecified atom stereocenters. The number of carbonyl (C=O) groups is 2. The SMILES string of the molecule is CC(C)OC(=O)OCO/N=[N+](\[O-])N(C)CCCCCC(=O)O. The zero-order chi connectivity index (χ0) is 17.0. The van der Waals surface area contributed by atoms with Crippen LogP contribution in [0.25, 0.3) is 0 Å². The molecule has 10 nitrogen and oxygen atoms in total. The monoisotopic (exact) mass is 321 g/mol. The van der Waals surface area contributed by atoms with Crippen LogP contribution in [0.4, 0.5) is 4.79 Å². The van der Waals surface area contributed by atoms with E-state index >= 15 is 0 Å². The van der Waals surface area contributed by atoms with Gasteiger partial charge in [0.1, 0.15) is 0 Å². The van der Waals surface area contributed by atoms with E-state index in [2.05, 4.69) is 19.6 Å². The largest absolute Gasteiger partial charge is 0.569 e. The normalized spacial score (nSPS) is 11.2. The van der Waals surface area contributed by atoms with E-state index in [-0.39, 0.29) is 17.5 Å². The summed E-state index contributed by atoms with van der Waals surface area (Å²) in [6, 6.07) is 0. The highest BCUT2D eigenvalue weighted by atomic mass is 16.8. The summed E-state index contributed by atoms with van der Waals surface area (Å²) in [6.07, 6.45) is 0.788. The molecule has 1 N–H and O–H groups in total. The molecule has 0 aliphatic rings. The number of ether oxygens (including phenoxy) is 2. The Labute approximate surface area is 128 Å². The first-order valence-corrected chi connectivity index (χ1v) is 6.89. The molecule has 0 heterocycles. The summed E-state index contributed by atoms with van der Waals surface area (Å²) >= 11 is 0. The predicted molar refractivity (Wildman–Crippen MR) is 73.4 cm³/mol. The van der Waals surface area contributed by atoms with Gasteiger partial charge in [0.05, 0.1) is 24.7 Å². The third-order valence-electron chi connectivity index (χ3n) is 2.35. The average Bonchev–Trinajstić information content (AvgIpc) is 2.41. The molecular weight excluding hydrogens is 298 g/mol. The molecule has 0 bridgehead atoms. The summed E-state index contributed by atoms with van der Waals surface area (Å²) in [7, 11) is 1.50. The Morgan fingerprint density at radius 1 is 1.32 bits per heavy atom. The summed E-state index contributed by atoms with van der Waals surface area (Å²) in [5, 5.41) is 24.3. The lowest BCUT2D eigenvalue weighted by atomic mass is 10.2. The highest BCUT2D eigenvalue weighted by Crippen LogP contribution is 2.01. The van der Waals surface area contributed by atoms with Crippen LogP contribution in [0, 0.1) is 5.21 Å². The van der Waals surface area contributed by atoms with Crippen LogP contribution in [0.5, 0.6) is 0 Å². The molecule has 0 aromatic heterocycles. The summed E-state index contributed by atoms with van der Waals surface area (Å²) < 4.78 is 9.17. The number of carboxylic acid groups (broad SMARTS) is 1. The fourth-order valence-corrected chi connectivity index (χ4v) is 1.32. The van der Waals surface area contributed by atoms with Crippen LogP contribution >= 0.6 is 0 Å². The Balaban J connectivity index is 3.76. The Bertz CT molecular complexity index is 374. The van der Waals surface area contributed by atoms with Crippen molar-refractivity contribution in [3.8, 4) is 0 Å². The molecule has 22 heavy (non-hydrogen) atoms. The second kappa shape index (κ2) is 11.4. The van der Waals surface area contributed by atoms with Crippen LogP contribution in [0.1, 0.15) is 39.5 Å². The molecule has 0 saturated carbocycles. The second-order valence-corrected chi connectivity index (χ2v) is 4.73. The summed E-state index contributed by atoms with van der Waals surface area (Å²) in [5.41, 5.74) is 0. The molecule has 0 radical (unpaired) electrons. The number of carboxylic acids is 1. The van der Waals surface area contributed by atoms with Crippen LogP contribution in [0.2, 0.25) is 0 Å². The molecule has 0 spiro atoms. The van der Waals surface area contributed by atoms with E-state index in [9.17, 15) is 14.8 Å². The highest BCUT2D eigenvalue weighted by molar-refractivity contribution is 5.66. The van der Waals surface area contributed by atoms with E-state index in [0.717, 1.165) is 0 Å². The minimum Gasteiger partial charge on any atom is -0.569 e. The quantitative estimate of drug-likeness (QED) is 0.153. The van der Waals surface area contributed by atoms with Crippen LogP contribution in [0.15, 0.2) is 5.28 Å². The van der Waals surface area contributed by atoms with Crippen LogP contribution < -0.4 is 0 Å². The Morgan fingerprint density at radius 3 is 2.59 bits per heavy atom. The maximum absolute atomic E-state index is 11.4. The van der Waals surface area contributed by atoms with Gasteiger partial charge in [0.25, 0.3) is 6.79 Å². The molecule has 0 amide bonds. The average molecular weight is 321 g/mol. The van der Waals surface area contributed by atoms with Gasteiger partial charge in [0.2, 0.25) is 5.28 Å². The maximum atomic E-state index is 11.4. The standard InChI is InChI=1S/C12H23N3O7/c1-10(2)22-12(18)20-9-21-13-15(19)14(3)8-6-4-5-7-11(16)17/h10H,4-9H2,1-3H3,(H,16,17)/b15-13-. The lowest BCUT2D eigenvalue weighted by Crippen LogP contribution is -2.27. The van der Waals surface area contributed by atoms with Gasteiger partial charge in [-0.15, -0.1) is 5.01 Å². The molecule has 10 heteroatoms. The van der Waals surface area contributed by atoms with E-state index in [1.807, 2.05) is 0 Å². The number of rotatable bonds is 11. The Morgan fingerprint density at radius 2 is 2.00 bits per heavy atom. The summed E-state index contributed by atoms with van der Waals surface area (Å²) in [4.78, 5) is 26.0. The smallest absolute Gasteiger partial charge is 0.511 e. The molecule has 0 saturated heterocycles. The number of hydrazine groups is 1. The van der Waals surface area contributed by atoms with Crippen molar-refractivity contribution in [3.05, 3.63) is 5.21 Å². The molecule has 0 aliphatic carbocycles. The van der Waals surface area contributed by atoms with Gasteiger partial charge < -0.3 is 24.6 Å². The van der Waals surface area contributed by atoms with Crippen LogP contribution in [-0.4, -0.2) is 53.7 Å². The Hall–Kier alpha value is -2.26. The number of nitrogens with zero attached hydrogens (tertiary/aromatic N) is 3. The minimum atomic E-state index is -0.908. The summed E-state index contributed by atoms with van der Waals surface area (Å²) in [5.74, 6) is -0.835. The van der Waals surface area contributed by atoms with E-state index in [4.69, 9.17) is 5.11 Å². The van der Waals surface area contributed by atoms with Crippen molar-refractivity contribution in [1.82, 2.24) is 5.01 Å². The van der Waals surface area contributed by atoms with Crippen molar-refractivity contribution in [3.63, 3.8) is 0 Å². The molecule has 0 atom stereocenters. The first-order chi connectivity index (χ1) is 10.3. The van der Waals surface area contributed by atoms with Crippen molar-refractivity contribution < 1.29 is 34.0 Å². The molecular formula is C12H23N3O7. The van der Waals surface area contributed by atoms with Crippen molar-refractivity contribution in [2.24, 2.45) is 5.28 Å². The Kier molecular flexibility index (Phi) is 10.2. The van der Waals surface area contributed by atoms with Gasteiger partial charge in [-0.2, -0.15) is 0 Å². The fraction of sp³-hybridized carbons (Fsp3) is 0.833. The first kappa shape index (κ1) is 19.7. The lowest BCUT2D eigenvalue weighted by molar-refractivity contribution is -0.706. The third kappa shape index (κ3) is 11.6. The topological polar surface area (TPSA) is 124 Å². The van der Waals surface area contributed by atoms with Gasteiger partial charge in [0, 0.05) is 6.42 Å². The van der Waals surface area contributed by atoms with Crippen molar-refractivity contribution >= 4 is 12.1 Å². The molecule has 0 aromatic rings. The molecule has 0 rings (SSSR count).